The van der Waals surface area contributed by atoms with Crippen molar-refractivity contribution in [1.82, 2.24) is 14.5 Å². The normalized spacial score (nSPS) is 17.3. The lowest BCUT2D eigenvalue weighted by Crippen LogP contribution is -2.39. The van der Waals surface area contributed by atoms with E-state index in [1.807, 2.05) is 42.7 Å². The molecule has 3 aromatic heterocycles. The van der Waals surface area contributed by atoms with Crippen LogP contribution in [0.25, 0.3) is 32.9 Å². The zero-order valence-electron chi connectivity index (χ0n) is 19.4. The Morgan fingerprint density at radius 1 is 0.943 bits per heavy atom. The highest BCUT2D eigenvalue weighted by molar-refractivity contribution is 6.08. The maximum Gasteiger partial charge on any atom is 0.231 e. The summed E-state index contributed by atoms with van der Waals surface area (Å²) in [6.07, 6.45) is 7.28. The summed E-state index contributed by atoms with van der Waals surface area (Å²) in [4.78, 5) is 8.78. The van der Waals surface area contributed by atoms with E-state index in [9.17, 15) is 5.26 Å². The topological polar surface area (TPSA) is 73.0 Å². The molecular formula is C29H24N4O2. The first kappa shape index (κ1) is 21.3. The summed E-state index contributed by atoms with van der Waals surface area (Å²) in [7, 11) is 2.06. The van der Waals surface area contributed by atoms with Crippen LogP contribution in [-0.2, 0) is 18.4 Å². The van der Waals surface area contributed by atoms with Gasteiger partial charge in [0.1, 0.15) is 17.7 Å². The Kier molecular flexibility index (Phi) is 5.40. The maximum atomic E-state index is 9.76. The van der Waals surface area contributed by atoms with E-state index in [1.54, 1.807) is 6.20 Å². The second-order valence-corrected chi connectivity index (χ2v) is 9.00. The van der Waals surface area contributed by atoms with E-state index in [-0.39, 0.29) is 12.2 Å². The monoisotopic (exact) mass is 460 g/mol. The van der Waals surface area contributed by atoms with Gasteiger partial charge in [0.15, 0.2) is 0 Å². The first-order valence-electron chi connectivity index (χ1n) is 11.7. The van der Waals surface area contributed by atoms with Crippen LogP contribution >= 0.6 is 0 Å². The molecule has 0 saturated heterocycles. The molecule has 0 spiro atoms. The number of hydrogen-bond acceptors (Lipinski definition) is 5. The van der Waals surface area contributed by atoms with Gasteiger partial charge in [0, 0.05) is 60.3 Å². The molecule has 0 unspecified atom stereocenters. The number of ether oxygens (including phenoxy) is 2. The summed E-state index contributed by atoms with van der Waals surface area (Å²) in [6, 6.07) is 22.6. The predicted molar refractivity (Wildman–Crippen MR) is 135 cm³/mol. The number of aryl methyl sites for hydroxylation is 1. The van der Waals surface area contributed by atoms with E-state index < -0.39 is 0 Å². The molecular weight excluding hydrogens is 436 g/mol. The number of nitrogens with zero attached hydrogens (tertiary/aromatic N) is 4. The van der Waals surface area contributed by atoms with Crippen LogP contribution in [0, 0.1) is 11.3 Å². The molecule has 0 radical (unpaired) electrons. The fraction of sp³-hybridized carbons (Fsp3) is 0.207. The van der Waals surface area contributed by atoms with E-state index in [1.165, 1.54) is 5.56 Å². The molecule has 0 bridgehead atoms. The van der Waals surface area contributed by atoms with Gasteiger partial charge in [-0.3, -0.25) is 4.98 Å². The standard InChI is InChI=1S/C29H24N4O2/c1-33-27-9-10-31-17-26(27)25-8-7-20(12-28(25)33)22-11-21(15-30)29(32-16-22)35-24-13-23(14-24)34-18-19-5-3-2-4-6-19/h2-12,16-17,23-24H,13-14,18H2,1H3. The van der Waals surface area contributed by atoms with Crippen LogP contribution in [0.4, 0.5) is 0 Å². The van der Waals surface area contributed by atoms with Gasteiger partial charge in [0.05, 0.1) is 18.2 Å². The molecule has 35 heavy (non-hydrogen) atoms. The second kappa shape index (κ2) is 8.86. The van der Waals surface area contributed by atoms with Gasteiger partial charge >= 0.3 is 0 Å². The molecule has 6 heteroatoms. The van der Waals surface area contributed by atoms with Gasteiger partial charge in [-0.25, -0.2) is 4.98 Å². The van der Waals surface area contributed by atoms with Crippen LogP contribution in [0.5, 0.6) is 5.88 Å². The summed E-state index contributed by atoms with van der Waals surface area (Å²) in [5, 5.41) is 12.0. The van der Waals surface area contributed by atoms with Crippen LogP contribution in [0.1, 0.15) is 24.0 Å². The van der Waals surface area contributed by atoms with Crippen LogP contribution in [0.2, 0.25) is 0 Å². The number of nitriles is 1. The Labute approximate surface area is 203 Å². The summed E-state index contributed by atoms with van der Waals surface area (Å²) >= 11 is 0. The van der Waals surface area contributed by atoms with Crippen LogP contribution in [0.3, 0.4) is 0 Å². The number of aromatic nitrogens is 3. The lowest BCUT2D eigenvalue weighted by molar-refractivity contribution is -0.0695. The van der Waals surface area contributed by atoms with E-state index in [4.69, 9.17) is 9.47 Å². The van der Waals surface area contributed by atoms with E-state index in [0.29, 0.717) is 18.1 Å². The van der Waals surface area contributed by atoms with Crippen molar-refractivity contribution in [2.45, 2.75) is 31.7 Å². The lowest BCUT2D eigenvalue weighted by Gasteiger charge is -2.34. The van der Waals surface area contributed by atoms with Crippen LogP contribution in [-0.4, -0.2) is 26.7 Å². The van der Waals surface area contributed by atoms with Gasteiger partial charge < -0.3 is 14.0 Å². The van der Waals surface area contributed by atoms with Crippen molar-refractivity contribution in [1.29, 1.82) is 5.26 Å². The summed E-state index contributed by atoms with van der Waals surface area (Å²) in [5.74, 6) is 0.388. The minimum atomic E-state index is 0.0157. The second-order valence-electron chi connectivity index (χ2n) is 9.00. The Bertz CT molecular complexity index is 1560. The molecule has 1 fully saturated rings. The molecule has 6 nitrogen and oxygen atoms in total. The Balaban J connectivity index is 1.17. The molecule has 6 rings (SSSR count). The van der Waals surface area contributed by atoms with Crippen molar-refractivity contribution in [3.05, 3.63) is 90.4 Å². The van der Waals surface area contributed by atoms with Crippen molar-refractivity contribution in [3.8, 4) is 23.1 Å². The SMILES string of the molecule is Cn1c2ccncc2c2ccc(-c3cnc(OC4CC(OCc5ccccc5)C4)c(C#N)c3)cc21. The Morgan fingerprint density at radius 3 is 2.63 bits per heavy atom. The number of rotatable bonds is 6. The van der Waals surface area contributed by atoms with Gasteiger partial charge in [-0.05, 0) is 29.3 Å². The smallest absolute Gasteiger partial charge is 0.231 e. The molecule has 5 aromatic rings. The maximum absolute atomic E-state index is 9.76. The van der Waals surface area contributed by atoms with Crippen LogP contribution in [0.15, 0.2) is 79.3 Å². The number of benzene rings is 2. The molecule has 172 valence electrons. The Hall–Kier alpha value is -4.21. The minimum Gasteiger partial charge on any atom is -0.473 e. The lowest BCUT2D eigenvalue weighted by atomic mass is 9.92. The number of fused-ring (bicyclic) bond motifs is 3. The van der Waals surface area contributed by atoms with Gasteiger partial charge in [0.25, 0.3) is 0 Å². The molecule has 1 saturated carbocycles. The average molecular weight is 461 g/mol. The quantitative estimate of drug-likeness (QED) is 0.321. The molecule has 0 amide bonds. The highest BCUT2D eigenvalue weighted by atomic mass is 16.5. The Morgan fingerprint density at radius 2 is 1.80 bits per heavy atom. The van der Waals surface area contributed by atoms with Gasteiger partial charge in [-0.2, -0.15) is 5.26 Å². The first-order valence-corrected chi connectivity index (χ1v) is 11.7. The van der Waals surface area contributed by atoms with Crippen LogP contribution < -0.4 is 4.74 Å². The fourth-order valence-corrected chi connectivity index (χ4v) is 4.71. The van der Waals surface area contributed by atoms with Crippen molar-refractivity contribution in [3.63, 3.8) is 0 Å². The molecule has 3 heterocycles. The fourth-order valence-electron chi connectivity index (χ4n) is 4.71. The third kappa shape index (κ3) is 4.01. The molecule has 0 N–H and O–H groups in total. The van der Waals surface area contributed by atoms with Gasteiger partial charge in [-0.15, -0.1) is 0 Å². The molecule has 2 aromatic carbocycles. The van der Waals surface area contributed by atoms with Crippen molar-refractivity contribution in [2.24, 2.45) is 7.05 Å². The zero-order chi connectivity index (χ0) is 23.8. The number of hydrogen-bond donors (Lipinski definition) is 0. The van der Waals surface area contributed by atoms with Crippen molar-refractivity contribution >= 4 is 21.8 Å². The molecule has 0 atom stereocenters. The van der Waals surface area contributed by atoms with Crippen molar-refractivity contribution in [2.75, 3.05) is 0 Å². The number of pyridine rings is 2. The van der Waals surface area contributed by atoms with E-state index in [0.717, 1.165) is 45.8 Å². The largest absolute Gasteiger partial charge is 0.473 e. The summed E-state index contributed by atoms with van der Waals surface area (Å²) < 4.78 is 14.2. The third-order valence-corrected chi connectivity index (χ3v) is 6.77. The highest BCUT2D eigenvalue weighted by Crippen LogP contribution is 2.34. The van der Waals surface area contributed by atoms with E-state index in [2.05, 4.69) is 58.0 Å². The predicted octanol–water partition coefficient (Wildman–Crippen LogP) is 5.79. The summed E-state index contributed by atoms with van der Waals surface area (Å²) in [5.41, 5.74) is 5.75. The van der Waals surface area contributed by atoms with E-state index >= 15 is 0 Å². The van der Waals surface area contributed by atoms with Crippen molar-refractivity contribution < 1.29 is 9.47 Å². The molecule has 1 aliphatic rings. The first-order chi connectivity index (χ1) is 17.2. The molecule has 0 aliphatic heterocycles. The van der Waals surface area contributed by atoms with Gasteiger partial charge in [0.2, 0.25) is 5.88 Å². The summed E-state index contributed by atoms with van der Waals surface area (Å²) in [6.45, 7) is 0.603. The average Bonchev–Trinajstić information content (AvgIpc) is 3.17. The zero-order valence-corrected chi connectivity index (χ0v) is 19.4. The van der Waals surface area contributed by atoms with Gasteiger partial charge in [-0.1, -0.05) is 42.5 Å². The minimum absolute atomic E-state index is 0.0157. The third-order valence-electron chi connectivity index (χ3n) is 6.77. The highest BCUT2D eigenvalue weighted by Gasteiger charge is 2.32. The molecule has 1 aliphatic carbocycles.